The minimum Gasteiger partial charge on any atom is -0.385 e. The zero-order valence-corrected chi connectivity index (χ0v) is 12.5. The van der Waals surface area contributed by atoms with Gasteiger partial charge < -0.3 is 20.3 Å². The van der Waals surface area contributed by atoms with E-state index in [2.05, 4.69) is 18.7 Å². The molecule has 0 aromatic rings. The SMILES string of the molecule is COCCC(N)C(=O)N(CCN(C)C)CC(C)C. The summed E-state index contributed by atoms with van der Waals surface area (Å²) in [6.45, 7) is 7.08. The number of carbonyl (C=O) groups excluding carboxylic acids is 1. The van der Waals surface area contributed by atoms with Gasteiger partial charge in [0.2, 0.25) is 5.91 Å². The Bertz CT molecular complexity index is 232. The molecule has 0 aromatic heterocycles. The highest BCUT2D eigenvalue weighted by Gasteiger charge is 2.21. The van der Waals surface area contributed by atoms with Crippen LogP contribution in [0.5, 0.6) is 0 Å². The molecule has 18 heavy (non-hydrogen) atoms. The van der Waals surface area contributed by atoms with Crippen LogP contribution in [0.1, 0.15) is 20.3 Å². The van der Waals surface area contributed by atoms with Gasteiger partial charge in [-0.3, -0.25) is 4.79 Å². The van der Waals surface area contributed by atoms with Crippen LogP contribution in [0.15, 0.2) is 0 Å². The maximum absolute atomic E-state index is 12.2. The predicted molar refractivity (Wildman–Crippen MR) is 74.4 cm³/mol. The Morgan fingerprint density at radius 3 is 2.33 bits per heavy atom. The Hall–Kier alpha value is -0.650. The molecule has 0 fully saturated rings. The van der Waals surface area contributed by atoms with Crippen LogP contribution in [0.3, 0.4) is 0 Å². The first-order chi connectivity index (χ1) is 8.38. The molecule has 0 aliphatic carbocycles. The smallest absolute Gasteiger partial charge is 0.239 e. The highest BCUT2D eigenvalue weighted by molar-refractivity contribution is 5.81. The molecule has 0 saturated carbocycles. The molecule has 1 unspecified atom stereocenters. The topological polar surface area (TPSA) is 58.8 Å². The van der Waals surface area contributed by atoms with E-state index in [0.717, 1.165) is 19.6 Å². The zero-order chi connectivity index (χ0) is 14.1. The van der Waals surface area contributed by atoms with Crippen LogP contribution < -0.4 is 5.73 Å². The molecule has 0 aliphatic rings. The van der Waals surface area contributed by atoms with Crippen molar-refractivity contribution in [2.75, 3.05) is 47.4 Å². The second-order valence-corrected chi connectivity index (χ2v) is 5.37. The average Bonchev–Trinajstić information content (AvgIpc) is 2.29. The molecule has 2 N–H and O–H groups in total. The van der Waals surface area contributed by atoms with Gasteiger partial charge in [0.1, 0.15) is 0 Å². The molecule has 1 atom stereocenters. The quantitative estimate of drug-likeness (QED) is 0.651. The number of amides is 1. The van der Waals surface area contributed by atoms with E-state index in [9.17, 15) is 4.79 Å². The van der Waals surface area contributed by atoms with Gasteiger partial charge in [0.15, 0.2) is 0 Å². The lowest BCUT2D eigenvalue weighted by Crippen LogP contribution is -2.47. The van der Waals surface area contributed by atoms with Crippen LogP contribution in [0.2, 0.25) is 0 Å². The van der Waals surface area contributed by atoms with Crippen LogP contribution in [-0.2, 0) is 9.53 Å². The van der Waals surface area contributed by atoms with Gasteiger partial charge in [-0.1, -0.05) is 13.8 Å². The third-order valence-corrected chi connectivity index (χ3v) is 2.66. The van der Waals surface area contributed by atoms with Crippen molar-refractivity contribution in [1.29, 1.82) is 0 Å². The number of nitrogens with zero attached hydrogens (tertiary/aromatic N) is 2. The van der Waals surface area contributed by atoms with Crippen LogP contribution in [0.4, 0.5) is 0 Å². The van der Waals surface area contributed by atoms with Gasteiger partial charge >= 0.3 is 0 Å². The first-order valence-corrected chi connectivity index (χ1v) is 6.56. The summed E-state index contributed by atoms with van der Waals surface area (Å²) in [5, 5.41) is 0. The Balaban J connectivity index is 4.37. The summed E-state index contributed by atoms with van der Waals surface area (Å²) < 4.78 is 4.96. The van der Waals surface area contributed by atoms with Crippen molar-refractivity contribution in [3.05, 3.63) is 0 Å². The van der Waals surface area contributed by atoms with E-state index in [1.165, 1.54) is 0 Å². The van der Waals surface area contributed by atoms with Gasteiger partial charge in [-0.15, -0.1) is 0 Å². The normalized spacial score (nSPS) is 13.1. The molecule has 0 radical (unpaired) electrons. The van der Waals surface area contributed by atoms with Crippen molar-refractivity contribution in [1.82, 2.24) is 9.80 Å². The first kappa shape index (κ1) is 17.4. The molecular weight excluding hydrogens is 230 g/mol. The number of carbonyl (C=O) groups is 1. The molecule has 0 aliphatic heterocycles. The summed E-state index contributed by atoms with van der Waals surface area (Å²) in [5.74, 6) is 0.480. The van der Waals surface area contributed by atoms with E-state index < -0.39 is 6.04 Å². The molecule has 0 aromatic carbocycles. The fourth-order valence-corrected chi connectivity index (χ4v) is 1.66. The van der Waals surface area contributed by atoms with Crippen LogP contribution in [0, 0.1) is 5.92 Å². The summed E-state index contributed by atoms with van der Waals surface area (Å²) >= 11 is 0. The van der Waals surface area contributed by atoms with E-state index in [1.807, 2.05) is 19.0 Å². The molecule has 1 amide bonds. The van der Waals surface area contributed by atoms with Crippen molar-refractivity contribution in [2.24, 2.45) is 11.7 Å². The number of ether oxygens (including phenoxy) is 1. The number of hydrogen-bond acceptors (Lipinski definition) is 4. The second-order valence-electron chi connectivity index (χ2n) is 5.37. The van der Waals surface area contributed by atoms with Crippen LogP contribution >= 0.6 is 0 Å². The fourth-order valence-electron chi connectivity index (χ4n) is 1.66. The molecular formula is C13H29N3O2. The van der Waals surface area contributed by atoms with Gasteiger partial charge in [0.05, 0.1) is 6.04 Å². The molecule has 0 saturated heterocycles. The maximum Gasteiger partial charge on any atom is 0.239 e. The Morgan fingerprint density at radius 2 is 1.89 bits per heavy atom. The lowest BCUT2D eigenvalue weighted by molar-refractivity contribution is -0.133. The van der Waals surface area contributed by atoms with Crippen LogP contribution in [0.25, 0.3) is 0 Å². The highest BCUT2D eigenvalue weighted by Crippen LogP contribution is 2.03. The summed E-state index contributed by atoms with van der Waals surface area (Å²) in [5.41, 5.74) is 5.90. The van der Waals surface area contributed by atoms with Gasteiger partial charge in [-0.25, -0.2) is 0 Å². The Kier molecular flexibility index (Phi) is 8.97. The summed E-state index contributed by atoms with van der Waals surface area (Å²) in [4.78, 5) is 16.2. The zero-order valence-electron chi connectivity index (χ0n) is 12.5. The number of likely N-dealkylation sites (N-methyl/N-ethyl adjacent to an activating group) is 1. The lowest BCUT2D eigenvalue weighted by Gasteiger charge is -2.28. The predicted octanol–water partition coefficient (Wildman–Crippen LogP) is 0.396. The summed E-state index contributed by atoms with van der Waals surface area (Å²) in [6.07, 6.45) is 0.575. The van der Waals surface area contributed by atoms with Crippen molar-refractivity contribution in [2.45, 2.75) is 26.3 Å². The van der Waals surface area contributed by atoms with E-state index in [-0.39, 0.29) is 5.91 Å². The minimum atomic E-state index is -0.453. The number of nitrogens with two attached hydrogens (primary N) is 1. The number of rotatable bonds is 9. The summed E-state index contributed by atoms with van der Waals surface area (Å²) in [6, 6.07) is -0.453. The average molecular weight is 259 g/mol. The monoisotopic (exact) mass is 259 g/mol. The maximum atomic E-state index is 12.2. The van der Waals surface area contributed by atoms with Crippen molar-refractivity contribution < 1.29 is 9.53 Å². The molecule has 5 heteroatoms. The van der Waals surface area contributed by atoms with E-state index >= 15 is 0 Å². The molecule has 5 nitrogen and oxygen atoms in total. The minimum absolute atomic E-state index is 0.0302. The van der Waals surface area contributed by atoms with Gasteiger partial charge in [0, 0.05) is 33.4 Å². The fraction of sp³-hybridized carbons (Fsp3) is 0.923. The number of methoxy groups -OCH3 is 1. The third-order valence-electron chi connectivity index (χ3n) is 2.66. The largest absolute Gasteiger partial charge is 0.385 e. The van der Waals surface area contributed by atoms with E-state index in [1.54, 1.807) is 7.11 Å². The highest BCUT2D eigenvalue weighted by atomic mass is 16.5. The third kappa shape index (κ3) is 7.63. The van der Waals surface area contributed by atoms with Gasteiger partial charge in [-0.2, -0.15) is 0 Å². The Labute approximate surface area is 111 Å². The molecule has 108 valence electrons. The van der Waals surface area contributed by atoms with E-state index in [0.29, 0.717) is 18.9 Å². The molecule has 0 rings (SSSR count). The van der Waals surface area contributed by atoms with E-state index in [4.69, 9.17) is 10.5 Å². The Morgan fingerprint density at radius 1 is 1.28 bits per heavy atom. The first-order valence-electron chi connectivity index (χ1n) is 6.56. The lowest BCUT2D eigenvalue weighted by atomic mass is 10.1. The molecule has 0 bridgehead atoms. The van der Waals surface area contributed by atoms with Crippen molar-refractivity contribution >= 4 is 5.91 Å². The van der Waals surface area contributed by atoms with Crippen LogP contribution in [-0.4, -0.2) is 69.2 Å². The standard InChI is InChI=1S/C13H29N3O2/c1-11(2)10-16(8-7-15(3)4)13(17)12(14)6-9-18-5/h11-12H,6-10,14H2,1-5H3. The second kappa shape index (κ2) is 9.30. The number of hydrogen-bond donors (Lipinski definition) is 1. The molecule has 0 heterocycles. The molecule has 0 spiro atoms. The summed E-state index contributed by atoms with van der Waals surface area (Å²) in [7, 11) is 5.63. The van der Waals surface area contributed by atoms with Gasteiger partial charge in [-0.05, 0) is 26.4 Å². The van der Waals surface area contributed by atoms with Crippen molar-refractivity contribution in [3.8, 4) is 0 Å². The van der Waals surface area contributed by atoms with Crippen molar-refractivity contribution in [3.63, 3.8) is 0 Å². The van der Waals surface area contributed by atoms with Gasteiger partial charge in [0.25, 0.3) is 0 Å².